The predicted octanol–water partition coefficient (Wildman–Crippen LogP) is 9.26. The van der Waals surface area contributed by atoms with E-state index in [1.165, 1.54) is 68.9 Å². The number of carbonyl (C=O) groups excluding carboxylic acids is 1. The molecule has 2 nitrogen and oxygen atoms in total. The van der Waals surface area contributed by atoms with Crippen molar-refractivity contribution < 1.29 is 9.53 Å². The lowest BCUT2D eigenvalue weighted by molar-refractivity contribution is -0.143. The average Bonchev–Trinajstić information content (AvgIpc) is 2.85. The lowest BCUT2D eigenvalue weighted by Crippen LogP contribution is -2.18. The van der Waals surface area contributed by atoms with Crippen molar-refractivity contribution in [3.05, 3.63) is 71.8 Å². The first-order chi connectivity index (χ1) is 16.0. The molecule has 184 valence electrons. The maximum atomic E-state index is 11.4. The molecule has 0 atom stereocenters. The van der Waals surface area contributed by atoms with Crippen molar-refractivity contribution in [3.8, 4) is 0 Å². The van der Waals surface area contributed by atoms with Crippen LogP contribution >= 0.6 is 0 Å². The fraction of sp³-hybridized carbons (Fsp3) is 0.581. The Morgan fingerprint density at radius 2 is 1.06 bits per heavy atom. The summed E-state index contributed by atoms with van der Waals surface area (Å²) in [5.41, 5.74) is 2.80. The number of ether oxygens (including phenoxy) is 1. The van der Waals surface area contributed by atoms with Crippen LogP contribution in [0.2, 0.25) is 0 Å². The molecule has 0 aliphatic carbocycles. The Morgan fingerprint density at radius 1 is 0.636 bits per heavy atom. The van der Waals surface area contributed by atoms with E-state index in [9.17, 15) is 4.79 Å². The Morgan fingerprint density at radius 3 is 1.55 bits per heavy atom. The summed E-state index contributed by atoms with van der Waals surface area (Å²) in [6.07, 6.45) is 14.0. The Labute approximate surface area is 204 Å². The molecule has 0 aromatic heterocycles. The molecule has 0 aliphatic rings. The van der Waals surface area contributed by atoms with E-state index < -0.39 is 0 Å². The summed E-state index contributed by atoms with van der Waals surface area (Å²) in [4.78, 5) is 11.4. The first kappa shape index (κ1) is 28.9. The zero-order chi connectivity index (χ0) is 24.2. The summed E-state index contributed by atoms with van der Waals surface area (Å²) in [6, 6.07) is 21.3. The van der Waals surface area contributed by atoms with E-state index in [-0.39, 0.29) is 11.4 Å². The first-order valence-electron chi connectivity index (χ1n) is 13.3. The summed E-state index contributed by atoms with van der Waals surface area (Å²) in [5.74, 6) is 0.0000525. The van der Waals surface area contributed by atoms with Crippen LogP contribution in [0.15, 0.2) is 60.7 Å². The smallest absolute Gasteiger partial charge is 0.305 e. The molecule has 0 N–H and O–H groups in total. The number of hydrogen-bond acceptors (Lipinski definition) is 2. The van der Waals surface area contributed by atoms with Crippen molar-refractivity contribution in [1.29, 1.82) is 0 Å². The Kier molecular flexibility index (Phi) is 16.1. The summed E-state index contributed by atoms with van der Waals surface area (Å²) in [6.45, 7) is 9.58. The van der Waals surface area contributed by atoms with Crippen molar-refractivity contribution in [3.63, 3.8) is 0 Å². The van der Waals surface area contributed by atoms with Crippen LogP contribution in [-0.4, -0.2) is 12.6 Å². The van der Waals surface area contributed by atoms with Gasteiger partial charge in [-0.2, -0.15) is 0 Å². The standard InChI is InChI=1S/C16H32O2.C15H16/c1-3-5-7-9-11-13-15-18-16(17)14-12-10-8-6-4-2;1-15(2,13-9-5-3-6-10-13)14-11-7-4-8-12-14/h3-15H2,1-2H3;3-12H,1-2H3. The maximum absolute atomic E-state index is 11.4. The van der Waals surface area contributed by atoms with Crippen LogP contribution in [0.3, 0.4) is 0 Å². The molecule has 0 unspecified atom stereocenters. The van der Waals surface area contributed by atoms with E-state index in [1.807, 2.05) is 0 Å². The molecule has 0 aliphatic heterocycles. The minimum atomic E-state index is 0.0000525. The van der Waals surface area contributed by atoms with Crippen LogP contribution in [-0.2, 0) is 14.9 Å². The Balaban J connectivity index is 0.000000334. The fourth-order valence-electron chi connectivity index (χ4n) is 3.89. The number of esters is 1. The highest BCUT2D eigenvalue weighted by Gasteiger charge is 2.21. The second-order valence-corrected chi connectivity index (χ2v) is 9.51. The minimum Gasteiger partial charge on any atom is -0.466 e. The van der Waals surface area contributed by atoms with Crippen molar-refractivity contribution >= 4 is 5.97 Å². The van der Waals surface area contributed by atoms with Crippen molar-refractivity contribution in [2.45, 2.75) is 110 Å². The topological polar surface area (TPSA) is 26.3 Å². The molecular weight excluding hydrogens is 404 g/mol. The molecule has 0 radical (unpaired) electrons. The van der Waals surface area contributed by atoms with Gasteiger partial charge in [-0.15, -0.1) is 0 Å². The summed E-state index contributed by atoms with van der Waals surface area (Å²) in [5, 5.41) is 0. The van der Waals surface area contributed by atoms with Gasteiger partial charge in [0.2, 0.25) is 0 Å². The van der Waals surface area contributed by atoms with E-state index in [0.717, 1.165) is 12.8 Å². The molecule has 0 bridgehead atoms. The third-order valence-corrected chi connectivity index (χ3v) is 6.24. The summed E-state index contributed by atoms with van der Waals surface area (Å²) >= 11 is 0. The lowest BCUT2D eigenvalue weighted by Gasteiger charge is -2.25. The van der Waals surface area contributed by atoms with Gasteiger partial charge in [0.1, 0.15) is 0 Å². The van der Waals surface area contributed by atoms with Crippen molar-refractivity contribution in [1.82, 2.24) is 0 Å². The van der Waals surface area contributed by atoms with Gasteiger partial charge in [0.25, 0.3) is 0 Å². The number of benzene rings is 2. The summed E-state index contributed by atoms with van der Waals surface area (Å²) < 4.78 is 5.22. The van der Waals surface area contributed by atoms with E-state index in [4.69, 9.17) is 4.74 Å². The van der Waals surface area contributed by atoms with E-state index in [0.29, 0.717) is 13.0 Å². The van der Waals surface area contributed by atoms with Gasteiger partial charge in [-0.05, 0) is 24.0 Å². The molecule has 0 spiro atoms. The molecule has 2 heteroatoms. The van der Waals surface area contributed by atoms with Gasteiger partial charge in [0.15, 0.2) is 0 Å². The second-order valence-electron chi connectivity index (χ2n) is 9.51. The van der Waals surface area contributed by atoms with Crippen LogP contribution in [0.5, 0.6) is 0 Å². The van der Waals surface area contributed by atoms with Gasteiger partial charge < -0.3 is 4.74 Å². The largest absolute Gasteiger partial charge is 0.466 e. The van der Waals surface area contributed by atoms with Crippen LogP contribution in [0.1, 0.15) is 116 Å². The van der Waals surface area contributed by atoms with Crippen molar-refractivity contribution in [2.24, 2.45) is 0 Å². The number of carbonyl (C=O) groups is 1. The van der Waals surface area contributed by atoms with Crippen LogP contribution in [0, 0.1) is 0 Å². The van der Waals surface area contributed by atoms with Gasteiger partial charge in [0, 0.05) is 11.8 Å². The quantitative estimate of drug-likeness (QED) is 0.199. The molecule has 0 heterocycles. The average molecular weight is 453 g/mol. The zero-order valence-electron chi connectivity index (χ0n) is 21.8. The van der Waals surface area contributed by atoms with Crippen LogP contribution in [0.4, 0.5) is 0 Å². The third-order valence-electron chi connectivity index (χ3n) is 6.24. The summed E-state index contributed by atoms with van der Waals surface area (Å²) in [7, 11) is 0. The number of rotatable bonds is 15. The SMILES string of the molecule is CC(C)(c1ccccc1)c1ccccc1.CCCCCCCCOC(=O)CCCCCCC. The highest BCUT2D eigenvalue weighted by Crippen LogP contribution is 2.30. The first-order valence-corrected chi connectivity index (χ1v) is 13.3. The molecule has 33 heavy (non-hydrogen) atoms. The molecular formula is C31H48O2. The lowest BCUT2D eigenvalue weighted by atomic mass is 9.78. The maximum Gasteiger partial charge on any atom is 0.305 e. The highest BCUT2D eigenvalue weighted by atomic mass is 16.5. The molecule has 2 aromatic rings. The van der Waals surface area contributed by atoms with Gasteiger partial charge >= 0.3 is 5.97 Å². The van der Waals surface area contributed by atoms with Gasteiger partial charge in [-0.3, -0.25) is 4.79 Å². The van der Waals surface area contributed by atoms with Crippen LogP contribution in [0.25, 0.3) is 0 Å². The van der Waals surface area contributed by atoms with E-state index >= 15 is 0 Å². The second kappa shape index (κ2) is 18.3. The number of unbranched alkanes of at least 4 members (excludes halogenated alkanes) is 9. The molecule has 2 rings (SSSR count). The van der Waals surface area contributed by atoms with Gasteiger partial charge in [-0.25, -0.2) is 0 Å². The van der Waals surface area contributed by atoms with Crippen molar-refractivity contribution in [2.75, 3.05) is 6.61 Å². The van der Waals surface area contributed by atoms with Gasteiger partial charge in [-0.1, -0.05) is 146 Å². The minimum absolute atomic E-state index is 0.0000525. The van der Waals surface area contributed by atoms with Crippen LogP contribution < -0.4 is 0 Å². The predicted molar refractivity (Wildman–Crippen MR) is 143 cm³/mol. The molecule has 0 saturated carbocycles. The third kappa shape index (κ3) is 13.3. The normalized spacial score (nSPS) is 10.9. The Bertz CT molecular complexity index is 665. The zero-order valence-corrected chi connectivity index (χ0v) is 21.8. The number of hydrogen-bond donors (Lipinski definition) is 0. The van der Waals surface area contributed by atoms with E-state index in [2.05, 4.69) is 88.4 Å². The molecule has 0 amide bonds. The van der Waals surface area contributed by atoms with E-state index in [1.54, 1.807) is 0 Å². The molecule has 0 fully saturated rings. The monoisotopic (exact) mass is 452 g/mol. The fourth-order valence-corrected chi connectivity index (χ4v) is 3.89. The molecule has 2 aromatic carbocycles. The Hall–Kier alpha value is -2.09. The van der Waals surface area contributed by atoms with Gasteiger partial charge in [0.05, 0.1) is 6.61 Å². The highest BCUT2D eigenvalue weighted by molar-refractivity contribution is 5.69. The molecule has 0 saturated heterocycles.